The first-order chi connectivity index (χ1) is 13.5. The van der Waals surface area contributed by atoms with Crippen LogP contribution >= 0.6 is 0 Å². The van der Waals surface area contributed by atoms with Crippen molar-refractivity contribution in [3.05, 3.63) is 74.6 Å². The highest BCUT2D eigenvalue weighted by Gasteiger charge is 2.16. The lowest BCUT2D eigenvalue weighted by atomic mass is 10.1. The van der Waals surface area contributed by atoms with Crippen LogP contribution < -0.4 is 21.6 Å². The zero-order chi connectivity index (χ0) is 19.8. The minimum absolute atomic E-state index is 0.261. The van der Waals surface area contributed by atoms with Crippen LogP contribution in [-0.2, 0) is 0 Å². The summed E-state index contributed by atoms with van der Waals surface area (Å²) in [6, 6.07) is 10.9. The number of rotatable bonds is 3. The summed E-state index contributed by atoms with van der Waals surface area (Å²) in [4.78, 5) is 29.6. The second-order valence-corrected chi connectivity index (χ2v) is 6.22. The molecule has 0 fully saturated rings. The number of nitriles is 1. The van der Waals surface area contributed by atoms with E-state index in [1.54, 1.807) is 38.1 Å². The zero-order valence-corrected chi connectivity index (χ0v) is 15.1. The number of carbonyl (C=O) groups is 1. The average Bonchev–Trinajstić information content (AvgIpc) is 3.28. The molecule has 0 aliphatic heterocycles. The summed E-state index contributed by atoms with van der Waals surface area (Å²) in [7, 11) is 0. The lowest BCUT2D eigenvalue weighted by Gasteiger charge is -2.05. The number of aromatic nitrogens is 2. The predicted molar refractivity (Wildman–Crippen MR) is 102 cm³/mol. The van der Waals surface area contributed by atoms with Crippen molar-refractivity contribution in [3.63, 3.8) is 0 Å². The number of amides is 1. The van der Waals surface area contributed by atoms with Gasteiger partial charge in [-0.3, -0.25) is 19.4 Å². The molecule has 1 amide bonds. The molecule has 0 bridgehead atoms. The number of benzene rings is 1. The van der Waals surface area contributed by atoms with Crippen LogP contribution in [0.25, 0.3) is 22.9 Å². The Morgan fingerprint density at radius 2 is 2.07 bits per heavy atom. The molecule has 138 valence electrons. The smallest absolute Gasteiger partial charge is 0.273 e. The molecular formula is C20H15N5O3. The molecule has 0 aliphatic carbocycles. The minimum Gasteiger partial charge on any atom is -0.469 e. The summed E-state index contributed by atoms with van der Waals surface area (Å²) in [5.74, 6) is 0.0836. The van der Waals surface area contributed by atoms with Crippen molar-refractivity contribution in [1.82, 2.24) is 20.2 Å². The van der Waals surface area contributed by atoms with Gasteiger partial charge in [-0.2, -0.15) is 5.26 Å². The van der Waals surface area contributed by atoms with Crippen LogP contribution in [0.15, 0.2) is 45.8 Å². The molecule has 0 unspecified atom stereocenters. The van der Waals surface area contributed by atoms with Gasteiger partial charge in [-0.1, -0.05) is 12.1 Å². The minimum atomic E-state index is -0.401. The Kier molecular flexibility index (Phi) is 4.05. The molecule has 0 saturated heterocycles. The van der Waals surface area contributed by atoms with Gasteiger partial charge < -0.3 is 9.84 Å². The normalized spacial score (nSPS) is 11.7. The van der Waals surface area contributed by atoms with Crippen molar-refractivity contribution in [2.24, 2.45) is 0 Å². The van der Waals surface area contributed by atoms with E-state index in [-0.39, 0.29) is 10.8 Å². The number of hydrogen-bond acceptors (Lipinski definition) is 6. The largest absolute Gasteiger partial charge is 0.469 e. The molecule has 28 heavy (non-hydrogen) atoms. The maximum Gasteiger partial charge on any atom is 0.273 e. The molecule has 0 spiro atoms. The highest BCUT2D eigenvalue weighted by molar-refractivity contribution is 5.94. The first-order valence-corrected chi connectivity index (χ1v) is 8.47. The lowest BCUT2D eigenvalue weighted by Crippen LogP contribution is -2.40. The van der Waals surface area contributed by atoms with Gasteiger partial charge >= 0.3 is 0 Å². The summed E-state index contributed by atoms with van der Waals surface area (Å²) in [5, 5.41) is 9.87. The predicted octanol–water partition coefficient (Wildman–Crippen LogP) is 1.32. The number of hydrazine groups is 1. The summed E-state index contributed by atoms with van der Waals surface area (Å²) in [6.07, 6.45) is 2.80. The Bertz CT molecular complexity index is 1390. The number of furan rings is 1. The van der Waals surface area contributed by atoms with Crippen LogP contribution in [-0.4, -0.2) is 15.3 Å². The Labute approximate surface area is 158 Å². The number of aryl methyl sites for hydroxylation is 1. The van der Waals surface area contributed by atoms with Crippen LogP contribution in [0.5, 0.6) is 0 Å². The van der Waals surface area contributed by atoms with Gasteiger partial charge in [-0.15, -0.1) is 0 Å². The highest BCUT2D eigenvalue weighted by Crippen LogP contribution is 2.17. The van der Waals surface area contributed by atoms with Crippen molar-refractivity contribution < 1.29 is 9.21 Å². The van der Waals surface area contributed by atoms with Crippen LogP contribution in [0.2, 0.25) is 0 Å². The SMILES string of the molecule is Cc1occc1C(=O)NNC=c1c(C)c(C#N)c2nc3ccccc3n2c1=O. The molecule has 8 nitrogen and oxygen atoms in total. The summed E-state index contributed by atoms with van der Waals surface area (Å²) in [5.41, 5.74) is 7.55. The Balaban J connectivity index is 1.83. The van der Waals surface area contributed by atoms with Gasteiger partial charge in [-0.25, -0.2) is 4.98 Å². The van der Waals surface area contributed by atoms with Gasteiger partial charge in [0, 0.05) is 6.20 Å². The van der Waals surface area contributed by atoms with Crippen LogP contribution in [0, 0.1) is 25.2 Å². The molecule has 3 aromatic heterocycles. The molecule has 0 atom stereocenters. The van der Waals surface area contributed by atoms with E-state index in [0.717, 1.165) is 0 Å². The Morgan fingerprint density at radius 3 is 2.79 bits per heavy atom. The van der Waals surface area contributed by atoms with Gasteiger partial charge in [0.2, 0.25) is 0 Å². The molecular weight excluding hydrogens is 358 g/mol. The van der Waals surface area contributed by atoms with E-state index in [0.29, 0.717) is 39.1 Å². The number of hydrogen-bond donors (Lipinski definition) is 2. The second kappa shape index (κ2) is 6.55. The Hall–Kier alpha value is -4.12. The number of nitrogens with one attached hydrogen (secondary N) is 2. The fourth-order valence-electron chi connectivity index (χ4n) is 3.15. The number of para-hydroxylation sites is 2. The van der Waals surface area contributed by atoms with Crippen molar-refractivity contribution in [2.75, 3.05) is 0 Å². The molecule has 0 saturated carbocycles. The van der Waals surface area contributed by atoms with Crippen molar-refractivity contribution in [3.8, 4) is 6.07 Å². The van der Waals surface area contributed by atoms with Gasteiger partial charge in [0.25, 0.3) is 11.5 Å². The summed E-state index contributed by atoms with van der Waals surface area (Å²) in [6.45, 7) is 3.35. The number of carbonyl (C=O) groups excluding carboxylic acids is 1. The molecule has 0 radical (unpaired) electrons. The third kappa shape index (κ3) is 2.57. The molecule has 1 aromatic carbocycles. The number of imidazole rings is 1. The van der Waals surface area contributed by atoms with Crippen LogP contribution in [0.4, 0.5) is 0 Å². The lowest BCUT2D eigenvalue weighted by molar-refractivity contribution is 0.0941. The summed E-state index contributed by atoms with van der Waals surface area (Å²) >= 11 is 0. The van der Waals surface area contributed by atoms with Crippen molar-refractivity contribution >= 4 is 28.8 Å². The van der Waals surface area contributed by atoms with Gasteiger partial charge in [0.1, 0.15) is 11.8 Å². The third-order valence-corrected chi connectivity index (χ3v) is 4.61. The zero-order valence-electron chi connectivity index (χ0n) is 15.1. The third-order valence-electron chi connectivity index (χ3n) is 4.61. The van der Waals surface area contributed by atoms with E-state index in [1.807, 2.05) is 6.07 Å². The monoisotopic (exact) mass is 373 g/mol. The van der Waals surface area contributed by atoms with E-state index in [1.165, 1.54) is 16.9 Å². The molecule has 4 rings (SSSR count). The number of nitrogens with zero attached hydrogens (tertiary/aromatic N) is 3. The van der Waals surface area contributed by atoms with E-state index >= 15 is 0 Å². The molecule has 0 aliphatic rings. The molecule has 2 N–H and O–H groups in total. The fraction of sp³-hybridized carbons (Fsp3) is 0.100. The van der Waals surface area contributed by atoms with E-state index in [9.17, 15) is 14.9 Å². The maximum atomic E-state index is 13.1. The highest BCUT2D eigenvalue weighted by atomic mass is 16.3. The van der Waals surface area contributed by atoms with Crippen LogP contribution in [0.3, 0.4) is 0 Å². The van der Waals surface area contributed by atoms with Crippen LogP contribution in [0.1, 0.15) is 27.2 Å². The molecule has 3 heterocycles. The van der Waals surface area contributed by atoms with Gasteiger partial charge in [-0.05, 0) is 37.6 Å². The number of fused-ring (bicyclic) bond motifs is 3. The number of pyridine rings is 1. The van der Waals surface area contributed by atoms with Crippen molar-refractivity contribution in [2.45, 2.75) is 13.8 Å². The van der Waals surface area contributed by atoms with E-state index in [4.69, 9.17) is 4.42 Å². The summed E-state index contributed by atoms with van der Waals surface area (Å²) < 4.78 is 6.52. The quantitative estimate of drug-likeness (QED) is 0.524. The second-order valence-electron chi connectivity index (χ2n) is 6.22. The standard InChI is InChI=1S/C20H15N5O3/c1-11-14(9-21)18-23-16-5-3-4-6-17(16)25(18)20(27)15(11)10-22-24-19(26)13-7-8-28-12(13)2/h3-8,10,22H,1-2H3,(H,24,26). The van der Waals surface area contributed by atoms with Gasteiger partial charge in [0.05, 0.1) is 33.6 Å². The molecule has 8 heteroatoms. The average molecular weight is 373 g/mol. The first kappa shape index (κ1) is 17.3. The molecule has 4 aromatic rings. The fourth-order valence-corrected chi connectivity index (χ4v) is 3.15. The topological polar surface area (TPSA) is 112 Å². The van der Waals surface area contributed by atoms with E-state index < -0.39 is 5.91 Å². The maximum absolute atomic E-state index is 13.1. The Morgan fingerprint density at radius 1 is 1.29 bits per heavy atom. The van der Waals surface area contributed by atoms with Crippen molar-refractivity contribution in [1.29, 1.82) is 5.26 Å². The van der Waals surface area contributed by atoms with E-state index in [2.05, 4.69) is 21.9 Å². The first-order valence-electron chi connectivity index (χ1n) is 8.47. The van der Waals surface area contributed by atoms with Gasteiger partial charge in [0.15, 0.2) is 5.65 Å².